The van der Waals surface area contributed by atoms with Crippen LogP contribution < -0.4 is 0 Å². The molecule has 1 aliphatic heterocycles. The molecule has 1 aliphatic rings. The molecule has 0 radical (unpaired) electrons. The molecular formula is C20H17N3O6. The van der Waals surface area contributed by atoms with Crippen LogP contribution in [-0.2, 0) is 9.59 Å². The van der Waals surface area contributed by atoms with Crippen molar-refractivity contribution in [3.05, 3.63) is 75.8 Å². The lowest BCUT2D eigenvalue weighted by atomic mass is 10.0. The molecule has 0 aromatic heterocycles. The number of Topliss-reactive ketones (excluding diaryl/α,β-unsaturated/α-hetero) is 1. The summed E-state index contributed by atoms with van der Waals surface area (Å²) in [4.78, 5) is 60.8. The Morgan fingerprint density at radius 2 is 1.52 bits per heavy atom. The zero-order chi connectivity index (χ0) is 21.1. The Bertz CT molecular complexity index is 971. The van der Waals surface area contributed by atoms with E-state index >= 15 is 0 Å². The summed E-state index contributed by atoms with van der Waals surface area (Å²) >= 11 is 0. The Balaban J connectivity index is 1.99. The molecule has 1 fully saturated rings. The molecule has 29 heavy (non-hydrogen) atoms. The van der Waals surface area contributed by atoms with Gasteiger partial charge in [-0.15, -0.1) is 0 Å². The molecule has 2 aromatic rings. The number of benzene rings is 2. The smallest absolute Gasteiger partial charge is 0.273 e. The van der Waals surface area contributed by atoms with E-state index in [0.29, 0.717) is 10.6 Å². The minimum atomic E-state index is -1.15. The first kappa shape index (κ1) is 19.9. The molecule has 1 saturated heterocycles. The number of nitro benzene ring substituents is 1. The van der Waals surface area contributed by atoms with Crippen LogP contribution >= 0.6 is 0 Å². The molecule has 148 valence electrons. The van der Waals surface area contributed by atoms with Crippen LogP contribution in [0.25, 0.3) is 0 Å². The molecule has 3 rings (SSSR count). The van der Waals surface area contributed by atoms with E-state index in [0.717, 1.165) is 17.1 Å². The molecule has 0 saturated carbocycles. The zero-order valence-electron chi connectivity index (χ0n) is 15.5. The number of hydrazine groups is 1. The molecule has 1 atom stereocenters. The van der Waals surface area contributed by atoms with Crippen molar-refractivity contribution in [1.29, 1.82) is 0 Å². The molecule has 2 aromatic carbocycles. The van der Waals surface area contributed by atoms with Crippen molar-refractivity contribution in [2.45, 2.75) is 25.8 Å². The van der Waals surface area contributed by atoms with Gasteiger partial charge in [0, 0.05) is 36.1 Å². The number of hydrogen-bond donors (Lipinski definition) is 0. The first-order valence-corrected chi connectivity index (χ1v) is 8.84. The van der Waals surface area contributed by atoms with Crippen molar-refractivity contribution >= 4 is 29.2 Å². The standard InChI is InChI=1S/C20H17N3O6/c1-13(19(26)14-5-3-2-4-6-14)21(22-17(24)11-12-18(22)25)20(27)15-7-9-16(10-8-15)23(28)29/h2-10,13H,11-12H2,1H3/t13-/m1/s1. The molecule has 3 amide bonds. The van der Waals surface area contributed by atoms with Gasteiger partial charge in [0.2, 0.25) is 11.8 Å². The first-order chi connectivity index (χ1) is 13.8. The second kappa shape index (κ2) is 8.01. The van der Waals surface area contributed by atoms with Crippen LogP contribution in [0.1, 0.15) is 40.5 Å². The van der Waals surface area contributed by atoms with Gasteiger partial charge >= 0.3 is 0 Å². The highest BCUT2D eigenvalue weighted by atomic mass is 16.6. The lowest BCUT2D eigenvalue weighted by molar-refractivity contribution is -0.384. The third-order valence-corrected chi connectivity index (χ3v) is 4.58. The van der Waals surface area contributed by atoms with Crippen molar-refractivity contribution in [2.75, 3.05) is 0 Å². The van der Waals surface area contributed by atoms with E-state index < -0.39 is 34.5 Å². The summed E-state index contributed by atoms with van der Waals surface area (Å²) in [5.41, 5.74) is 0.117. The van der Waals surface area contributed by atoms with Crippen molar-refractivity contribution in [1.82, 2.24) is 10.0 Å². The van der Waals surface area contributed by atoms with E-state index in [2.05, 4.69) is 0 Å². The third-order valence-electron chi connectivity index (χ3n) is 4.58. The average molecular weight is 395 g/mol. The summed E-state index contributed by atoms with van der Waals surface area (Å²) in [7, 11) is 0. The highest BCUT2D eigenvalue weighted by Crippen LogP contribution is 2.23. The van der Waals surface area contributed by atoms with E-state index in [1.807, 2.05) is 0 Å². The van der Waals surface area contributed by atoms with Gasteiger partial charge < -0.3 is 0 Å². The van der Waals surface area contributed by atoms with Gasteiger partial charge in [-0.05, 0) is 19.1 Å². The Kier molecular flexibility index (Phi) is 5.49. The second-order valence-corrected chi connectivity index (χ2v) is 6.46. The van der Waals surface area contributed by atoms with Crippen LogP contribution in [0.4, 0.5) is 5.69 Å². The number of imide groups is 1. The molecule has 0 unspecified atom stereocenters. The maximum absolute atomic E-state index is 13.1. The van der Waals surface area contributed by atoms with E-state index in [4.69, 9.17) is 0 Å². The van der Waals surface area contributed by atoms with Gasteiger partial charge in [0.1, 0.15) is 6.04 Å². The van der Waals surface area contributed by atoms with Gasteiger partial charge in [-0.25, -0.2) is 5.01 Å². The number of rotatable bonds is 6. The SMILES string of the molecule is C[C@H](C(=O)c1ccccc1)N(C(=O)c1ccc([N+](=O)[O-])cc1)N1C(=O)CCC1=O. The quantitative estimate of drug-likeness (QED) is 0.321. The van der Waals surface area contributed by atoms with Crippen LogP contribution in [0.2, 0.25) is 0 Å². The Morgan fingerprint density at radius 3 is 2.03 bits per heavy atom. The maximum atomic E-state index is 13.1. The minimum absolute atomic E-state index is 0.0100. The molecule has 9 nitrogen and oxygen atoms in total. The first-order valence-electron chi connectivity index (χ1n) is 8.84. The topological polar surface area (TPSA) is 118 Å². The van der Waals surface area contributed by atoms with Crippen molar-refractivity contribution in [3.8, 4) is 0 Å². The number of ketones is 1. The number of hydrogen-bond acceptors (Lipinski definition) is 6. The fourth-order valence-corrected chi connectivity index (χ4v) is 3.06. The Morgan fingerprint density at radius 1 is 0.966 bits per heavy atom. The van der Waals surface area contributed by atoms with Gasteiger partial charge in [-0.1, -0.05) is 30.3 Å². The predicted molar refractivity (Wildman–Crippen MR) is 101 cm³/mol. The van der Waals surface area contributed by atoms with Crippen LogP contribution in [0.15, 0.2) is 54.6 Å². The third kappa shape index (κ3) is 3.88. The van der Waals surface area contributed by atoms with Crippen LogP contribution in [-0.4, -0.2) is 44.5 Å². The molecule has 0 N–H and O–H groups in total. The number of nitrogens with zero attached hydrogens (tertiary/aromatic N) is 3. The van der Waals surface area contributed by atoms with E-state index in [1.165, 1.54) is 19.1 Å². The lowest BCUT2D eigenvalue weighted by Gasteiger charge is -2.34. The van der Waals surface area contributed by atoms with Crippen molar-refractivity contribution in [3.63, 3.8) is 0 Å². The number of non-ortho nitro benzene ring substituents is 1. The molecule has 0 bridgehead atoms. The molecular weight excluding hydrogens is 378 g/mol. The summed E-state index contributed by atoms with van der Waals surface area (Å²) < 4.78 is 0. The van der Waals surface area contributed by atoms with Crippen molar-refractivity contribution in [2.24, 2.45) is 0 Å². The van der Waals surface area contributed by atoms with Crippen LogP contribution in [0.5, 0.6) is 0 Å². The largest absolute Gasteiger partial charge is 0.292 e. The lowest BCUT2D eigenvalue weighted by Crippen LogP contribution is -2.55. The number of nitro groups is 1. The molecule has 0 spiro atoms. The van der Waals surface area contributed by atoms with Gasteiger partial charge in [0.25, 0.3) is 11.6 Å². The fourth-order valence-electron chi connectivity index (χ4n) is 3.06. The summed E-state index contributed by atoms with van der Waals surface area (Å²) in [5.74, 6) is -2.40. The monoisotopic (exact) mass is 395 g/mol. The van der Waals surface area contributed by atoms with Gasteiger partial charge in [-0.3, -0.25) is 29.3 Å². The number of carbonyl (C=O) groups excluding carboxylic acids is 4. The fraction of sp³-hybridized carbons (Fsp3) is 0.200. The number of carbonyl (C=O) groups is 4. The van der Waals surface area contributed by atoms with Crippen molar-refractivity contribution < 1.29 is 24.1 Å². The molecule has 1 heterocycles. The maximum Gasteiger partial charge on any atom is 0.273 e. The Hall–Kier alpha value is -3.88. The van der Waals surface area contributed by atoms with Crippen LogP contribution in [0.3, 0.4) is 0 Å². The second-order valence-electron chi connectivity index (χ2n) is 6.46. The Labute approximate surface area is 165 Å². The summed E-state index contributed by atoms with van der Waals surface area (Å²) in [6.07, 6.45) is -0.121. The predicted octanol–water partition coefficient (Wildman–Crippen LogP) is 2.37. The summed E-state index contributed by atoms with van der Waals surface area (Å²) in [5, 5.41) is 12.4. The van der Waals surface area contributed by atoms with Gasteiger partial charge in [-0.2, -0.15) is 5.01 Å². The molecule has 9 heteroatoms. The normalized spacial score (nSPS) is 14.6. The van der Waals surface area contributed by atoms with E-state index in [-0.39, 0.29) is 24.1 Å². The van der Waals surface area contributed by atoms with E-state index in [9.17, 15) is 29.3 Å². The highest BCUT2D eigenvalue weighted by Gasteiger charge is 2.41. The van der Waals surface area contributed by atoms with Crippen LogP contribution in [0, 0.1) is 10.1 Å². The zero-order valence-corrected chi connectivity index (χ0v) is 15.5. The highest BCUT2D eigenvalue weighted by molar-refractivity contribution is 6.08. The minimum Gasteiger partial charge on any atom is -0.292 e. The average Bonchev–Trinajstić information content (AvgIpc) is 3.06. The van der Waals surface area contributed by atoms with Gasteiger partial charge in [0.05, 0.1) is 4.92 Å². The summed E-state index contributed by atoms with van der Waals surface area (Å²) in [6.45, 7) is 1.43. The summed E-state index contributed by atoms with van der Waals surface area (Å²) in [6, 6.07) is 11.8. The molecule has 0 aliphatic carbocycles. The van der Waals surface area contributed by atoms with E-state index in [1.54, 1.807) is 30.3 Å². The van der Waals surface area contributed by atoms with Gasteiger partial charge in [0.15, 0.2) is 5.78 Å². The number of amides is 3.